The van der Waals surface area contributed by atoms with Crippen LogP contribution < -0.4 is 10.1 Å². The van der Waals surface area contributed by atoms with Crippen LogP contribution in [0.5, 0.6) is 5.06 Å². The van der Waals surface area contributed by atoms with Gasteiger partial charge in [-0.25, -0.2) is 18.2 Å². The molecule has 0 bridgehead atoms. The van der Waals surface area contributed by atoms with E-state index in [1.807, 2.05) is 19.0 Å². The largest absolute Gasteiger partial charge is 0.481 e. The van der Waals surface area contributed by atoms with Gasteiger partial charge in [-0.1, -0.05) is 6.07 Å². The van der Waals surface area contributed by atoms with E-state index < -0.39 is 34.6 Å². The lowest BCUT2D eigenvalue weighted by Crippen LogP contribution is -2.16. The van der Waals surface area contributed by atoms with Gasteiger partial charge in [-0.2, -0.15) is 4.37 Å². The second-order valence-electron chi connectivity index (χ2n) is 6.61. The zero-order valence-electron chi connectivity index (χ0n) is 16.3. The minimum atomic E-state index is -0.977. The quantitative estimate of drug-likeness (QED) is 0.536. The van der Waals surface area contributed by atoms with Gasteiger partial charge in [0, 0.05) is 18.1 Å². The Labute approximate surface area is 175 Å². The molecule has 0 fully saturated rings. The summed E-state index contributed by atoms with van der Waals surface area (Å²) in [5, 5.41) is 3.01. The molecular weight excluding hydrogens is 417 g/mol. The number of rotatable bonds is 8. The van der Waals surface area contributed by atoms with Crippen LogP contribution in [0.3, 0.4) is 0 Å². The predicted octanol–water partition coefficient (Wildman–Crippen LogP) is 4.21. The summed E-state index contributed by atoms with van der Waals surface area (Å²) in [6.45, 7) is 1.28. The number of carbonyl (C=O) groups excluding carboxylic acids is 1. The number of nitrogens with zero attached hydrogens (tertiary/aromatic N) is 3. The molecule has 0 saturated heterocycles. The molecule has 30 heavy (non-hydrogen) atoms. The molecule has 1 N–H and O–H groups in total. The van der Waals surface area contributed by atoms with Crippen LogP contribution in [0.2, 0.25) is 0 Å². The number of hydrogen-bond acceptors (Lipinski definition) is 6. The number of benzene rings is 1. The summed E-state index contributed by atoms with van der Waals surface area (Å²) in [7, 11) is 3.91. The third-order valence-electron chi connectivity index (χ3n) is 4.05. The van der Waals surface area contributed by atoms with Gasteiger partial charge in [0.05, 0.1) is 18.4 Å². The van der Waals surface area contributed by atoms with Crippen LogP contribution in [0.15, 0.2) is 36.5 Å². The fourth-order valence-electron chi connectivity index (χ4n) is 2.62. The second kappa shape index (κ2) is 9.68. The summed E-state index contributed by atoms with van der Waals surface area (Å²) in [4.78, 5) is 18.4. The van der Waals surface area contributed by atoms with Gasteiger partial charge >= 0.3 is 0 Å². The van der Waals surface area contributed by atoms with E-state index in [-0.39, 0.29) is 5.69 Å². The average Bonchev–Trinajstić information content (AvgIpc) is 3.13. The molecule has 10 heteroatoms. The Hall–Kier alpha value is -2.98. The average molecular weight is 436 g/mol. The highest BCUT2D eigenvalue weighted by molar-refractivity contribution is 7.08. The maximum atomic E-state index is 14.2. The minimum absolute atomic E-state index is 0.209. The van der Waals surface area contributed by atoms with Crippen molar-refractivity contribution >= 4 is 23.1 Å². The van der Waals surface area contributed by atoms with Gasteiger partial charge in [-0.15, -0.1) is 0 Å². The number of nitrogens with one attached hydrogen (secondary N) is 1. The molecule has 0 radical (unpaired) electrons. The van der Waals surface area contributed by atoms with Crippen LogP contribution in [0.4, 0.5) is 18.9 Å². The number of halogens is 3. The van der Waals surface area contributed by atoms with E-state index in [1.165, 1.54) is 6.20 Å². The third kappa shape index (κ3) is 5.14. The third-order valence-corrected chi connectivity index (χ3v) is 4.76. The Kier molecular flexibility index (Phi) is 7.01. The molecule has 1 amide bonds. The highest BCUT2D eigenvalue weighted by Crippen LogP contribution is 2.30. The molecule has 1 aromatic carbocycles. The van der Waals surface area contributed by atoms with Crippen molar-refractivity contribution in [1.82, 2.24) is 14.3 Å². The van der Waals surface area contributed by atoms with E-state index in [9.17, 15) is 18.0 Å². The zero-order chi connectivity index (χ0) is 21.7. The Bertz CT molecular complexity index is 1020. The summed E-state index contributed by atoms with van der Waals surface area (Å²) in [5.41, 5.74) is -1.09. The first-order chi connectivity index (χ1) is 14.4. The van der Waals surface area contributed by atoms with Gasteiger partial charge < -0.3 is 15.0 Å². The number of ether oxygens (including phenoxy) is 1. The van der Waals surface area contributed by atoms with Crippen molar-refractivity contribution in [1.29, 1.82) is 0 Å². The van der Waals surface area contributed by atoms with Gasteiger partial charge in [-0.3, -0.25) is 4.79 Å². The second-order valence-corrected chi connectivity index (χ2v) is 7.37. The van der Waals surface area contributed by atoms with E-state index in [0.29, 0.717) is 17.4 Å². The first-order valence-corrected chi connectivity index (χ1v) is 9.78. The van der Waals surface area contributed by atoms with E-state index >= 15 is 0 Å². The molecule has 0 saturated carbocycles. The number of pyridine rings is 1. The molecule has 0 aliphatic heterocycles. The Morgan fingerprint density at radius 1 is 1.13 bits per heavy atom. The van der Waals surface area contributed by atoms with E-state index in [1.54, 1.807) is 0 Å². The Balaban J connectivity index is 1.77. The molecule has 0 aliphatic rings. The molecule has 0 atom stereocenters. The smallest absolute Gasteiger partial charge is 0.274 e. The van der Waals surface area contributed by atoms with Crippen LogP contribution in [0.25, 0.3) is 11.3 Å². The first-order valence-electron chi connectivity index (χ1n) is 9.01. The highest BCUT2D eigenvalue weighted by Gasteiger charge is 2.20. The predicted molar refractivity (Wildman–Crippen MR) is 108 cm³/mol. The van der Waals surface area contributed by atoms with Crippen LogP contribution in [0.1, 0.15) is 16.9 Å². The fourth-order valence-corrected chi connectivity index (χ4v) is 3.21. The summed E-state index contributed by atoms with van der Waals surface area (Å²) < 4.78 is 51.9. The van der Waals surface area contributed by atoms with Crippen molar-refractivity contribution in [3.63, 3.8) is 0 Å². The van der Waals surface area contributed by atoms with E-state index in [4.69, 9.17) is 4.74 Å². The van der Waals surface area contributed by atoms with Crippen molar-refractivity contribution in [3.8, 4) is 16.3 Å². The number of hydrogen-bond donors (Lipinski definition) is 1. The summed E-state index contributed by atoms with van der Waals surface area (Å²) in [6, 6.07) is 5.21. The maximum Gasteiger partial charge on any atom is 0.274 e. The monoisotopic (exact) mass is 436 g/mol. The van der Waals surface area contributed by atoms with Crippen LogP contribution >= 0.6 is 11.5 Å². The van der Waals surface area contributed by atoms with Crippen LogP contribution in [-0.4, -0.2) is 47.4 Å². The van der Waals surface area contributed by atoms with E-state index in [0.717, 1.165) is 54.8 Å². The summed E-state index contributed by atoms with van der Waals surface area (Å²) >= 11 is 1.07. The van der Waals surface area contributed by atoms with Crippen molar-refractivity contribution in [2.24, 2.45) is 0 Å². The maximum absolute atomic E-state index is 14.2. The number of amides is 1. The molecular formula is C20H19F3N4O2S. The van der Waals surface area contributed by atoms with Crippen molar-refractivity contribution in [2.75, 3.05) is 32.6 Å². The highest BCUT2D eigenvalue weighted by atomic mass is 32.1. The molecule has 2 heterocycles. The van der Waals surface area contributed by atoms with Gasteiger partial charge in [0.1, 0.15) is 34.5 Å². The molecule has 0 spiro atoms. The molecule has 158 valence electrons. The summed E-state index contributed by atoms with van der Waals surface area (Å²) in [6.07, 6.45) is 2.21. The number of anilines is 1. The zero-order valence-corrected chi connectivity index (χ0v) is 17.1. The van der Waals surface area contributed by atoms with Crippen LogP contribution in [0, 0.1) is 17.5 Å². The summed E-state index contributed by atoms with van der Waals surface area (Å²) in [5.74, 6) is -3.59. The van der Waals surface area contributed by atoms with Crippen molar-refractivity contribution in [3.05, 3.63) is 59.7 Å². The standard InChI is InChI=1S/C20H19F3N4O2S/c1-27(2)9-4-10-29-20-16(11-24-30-20)26-19(28)15-8-7-14(23)18(25-15)17-12(21)5-3-6-13(17)22/h3,5-8,11H,4,9-10H2,1-2H3,(H,26,28). The fraction of sp³-hybridized carbons (Fsp3) is 0.250. The number of carbonyl (C=O) groups is 1. The lowest BCUT2D eigenvalue weighted by atomic mass is 10.1. The number of aromatic nitrogens is 2. The van der Waals surface area contributed by atoms with Gasteiger partial charge in [0.2, 0.25) is 5.06 Å². The van der Waals surface area contributed by atoms with E-state index in [2.05, 4.69) is 14.7 Å². The van der Waals surface area contributed by atoms with Crippen molar-refractivity contribution < 1.29 is 22.7 Å². The molecule has 2 aromatic heterocycles. The normalized spacial score (nSPS) is 11.0. The van der Waals surface area contributed by atoms with Gasteiger partial charge in [0.25, 0.3) is 5.91 Å². The van der Waals surface area contributed by atoms with Gasteiger partial charge in [-0.05, 0) is 44.8 Å². The van der Waals surface area contributed by atoms with Gasteiger partial charge in [0.15, 0.2) is 0 Å². The van der Waals surface area contributed by atoms with Crippen molar-refractivity contribution in [2.45, 2.75) is 6.42 Å². The Morgan fingerprint density at radius 3 is 2.57 bits per heavy atom. The lowest BCUT2D eigenvalue weighted by molar-refractivity contribution is 0.102. The molecule has 3 rings (SSSR count). The lowest BCUT2D eigenvalue weighted by Gasteiger charge is -2.11. The van der Waals surface area contributed by atoms with Crippen LogP contribution in [-0.2, 0) is 0 Å². The Morgan fingerprint density at radius 2 is 1.87 bits per heavy atom. The SMILES string of the molecule is CN(C)CCCOc1sncc1NC(=O)c1ccc(F)c(-c2c(F)cccc2F)n1. The first kappa shape index (κ1) is 21.7. The molecule has 3 aromatic rings. The molecule has 6 nitrogen and oxygen atoms in total. The molecule has 0 aliphatic carbocycles. The topological polar surface area (TPSA) is 67.3 Å². The molecule has 0 unspecified atom stereocenters. The minimum Gasteiger partial charge on any atom is -0.481 e.